The number of ether oxygens (including phenoxy) is 1. The third-order valence-electron chi connectivity index (χ3n) is 4.61. The van der Waals surface area contributed by atoms with Crippen molar-refractivity contribution < 1.29 is 9.53 Å². The minimum absolute atomic E-state index is 0.319. The van der Waals surface area contributed by atoms with Crippen molar-refractivity contribution in [2.24, 2.45) is 7.05 Å². The zero-order chi connectivity index (χ0) is 20.4. The molecule has 0 bridgehead atoms. The number of halogens is 1. The van der Waals surface area contributed by atoms with E-state index in [-0.39, 0.29) is 6.03 Å². The van der Waals surface area contributed by atoms with Crippen LogP contribution in [0.25, 0.3) is 22.0 Å². The molecule has 0 aliphatic rings. The van der Waals surface area contributed by atoms with Crippen molar-refractivity contribution in [2.75, 3.05) is 17.7 Å². The molecule has 0 saturated carbocycles. The van der Waals surface area contributed by atoms with Gasteiger partial charge in [0.15, 0.2) is 0 Å². The second-order valence-electron chi connectivity index (χ2n) is 6.52. The number of nitrogens with one attached hydrogen (secondary N) is 2. The summed E-state index contributed by atoms with van der Waals surface area (Å²) in [4.78, 5) is 12.5. The number of benzene rings is 3. The summed E-state index contributed by atoms with van der Waals surface area (Å²) in [5.74, 6) is 0.690. The number of nitrogens with zero attached hydrogens (tertiary/aromatic N) is 2. The molecule has 4 rings (SSSR count). The Balaban J connectivity index is 1.57. The third-order valence-corrected chi connectivity index (χ3v) is 5.19. The highest BCUT2D eigenvalue weighted by Gasteiger charge is 2.15. The van der Waals surface area contributed by atoms with Crippen LogP contribution >= 0.6 is 15.9 Å². The van der Waals surface area contributed by atoms with E-state index in [1.54, 1.807) is 24.1 Å². The summed E-state index contributed by atoms with van der Waals surface area (Å²) in [5.41, 5.74) is 3.06. The average Bonchev–Trinajstić information content (AvgIpc) is 3.05. The van der Waals surface area contributed by atoms with Gasteiger partial charge in [-0.25, -0.2) is 4.79 Å². The number of aryl methyl sites for hydroxylation is 1. The van der Waals surface area contributed by atoms with Gasteiger partial charge in [-0.15, -0.1) is 0 Å². The van der Waals surface area contributed by atoms with Crippen molar-refractivity contribution in [3.8, 4) is 17.0 Å². The van der Waals surface area contributed by atoms with E-state index in [1.165, 1.54) is 0 Å². The van der Waals surface area contributed by atoms with Gasteiger partial charge in [-0.3, -0.25) is 4.68 Å². The molecule has 0 spiro atoms. The Hall–Kier alpha value is -3.32. The van der Waals surface area contributed by atoms with Crippen LogP contribution in [0.1, 0.15) is 0 Å². The van der Waals surface area contributed by atoms with Gasteiger partial charge in [0.2, 0.25) is 0 Å². The lowest BCUT2D eigenvalue weighted by Crippen LogP contribution is -2.19. The van der Waals surface area contributed by atoms with E-state index in [0.717, 1.165) is 32.2 Å². The summed E-state index contributed by atoms with van der Waals surface area (Å²) < 4.78 is 8.08. The van der Waals surface area contributed by atoms with Crippen LogP contribution in [0.4, 0.5) is 16.2 Å². The van der Waals surface area contributed by atoms with Gasteiger partial charge in [0, 0.05) is 24.0 Å². The normalized spacial score (nSPS) is 10.7. The number of carbonyl (C=O) groups is 1. The molecule has 7 heteroatoms. The predicted octanol–water partition coefficient (Wildman–Crippen LogP) is 5.66. The van der Waals surface area contributed by atoms with Gasteiger partial charge < -0.3 is 15.4 Å². The number of carbonyl (C=O) groups excluding carboxylic acids is 1. The van der Waals surface area contributed by atoms with Crippen molar-refractivity contribution in [3.05, 3.63) is 71.3 Å². The Morgan fingerprint density at radius 3 is 2.38 bits per heavy atom. The monoisotopic (exact) mass is 450 g/mol. The van der Waals surface area contributed by atoms with Crippen LogP contribution in [0.5, 0.6) is 5.75 Å². The summed E-state index contributed by atoms with van der Waals surface area (Å²) >= 11 is 3.52. The van der Waals surface area contributed by atoms with Crippen LogP contribution in [0.15, 0.2) is 71.3 Å². The average molecular weight is 451 g/mol. The van der Waals surface area contributed by atoms with E-state index in [1.807, 2.05) is 61.6 Å². The highest BCUT2D eigenvalue weighted by Crippen LogP contribution is 2.36. The standard InChI is InChI=1S/C22H19BrN4O2/c1-27-21(19(23)13-24-27)18-12-17(9-10-20(18)29-2)26-22(28)25-16-8-7-14-5-3-4-6-15(14)11-16/h3-13H,1-2H3,(H2,25,26,28). The van der Waals surface area contributed by atoms with E-state index >= 15 is 0 Å². The largest absolute Gasteiger partial charge is 0.496 e. The molecule has 29 heavy (non-hydrogen) atoms. The lowest BCUT2D eigenvalue weighted by Gasteiger charge is -2.13. The van der Waals surface area contributed by atoms with Gasteiger partial charge in [-0.1, -0.05) is 30.3 Å². The molecule has 1 heterocycles. The molecule has 0 saturated heterocycles. The Kier molecular flexibility index (Phi) is 5.22. The van der Waals surface area contributed by atoms with E-state index in [2.05, 4.69) is 31.7 Å². The first-order chi connectivity index (χ1) is 14.0. The Morgan fingerprint density at radius 1 is 1.00 bits per heavy atom. The smallest absolute Gasteiger partial charge is 0.323 e. The Bertz CT molecular complexity index is 1180. The quantitative estimate of drug-likeness (QED) is 0.421. The lowest BCUT2D eigenvalue weighted by atomic mass is 10.1. The molecule has 0 aliphatic carbocycles. The molecule has 1 aromatic heterocycles. The second-order valence-corrected chi connectivity index (χ2v) is 7.38. The molecule has 0 atom stereocenters. The number of anilines is 2. The molecule has 0 radical (unpaired) electrons. The molecule has 0 fully saturated rings. The van der Waals surface area contributed by atoms with Crippen LogP contribution in [-0.4, -0.2) is 22.9 Å². The van der Waals surface area contributed by atoms with Crippen molar-refractivity contribution in [2.45, 2.75) is 0 Å². The van der Waals surface area contributed by atoms with Gasteiger partial charge >= 0.3 is 6.03 Å². The highest BCUT2D eigenvalue weighted by atomic mass is 79.9. The van der Waals surface area contributed by atoms with E-state index in [9.17, 15) is 4.79 Å². The van der Waals surface area contributed by atoms with E-state index in [4.69, 9.17) is 4.74 Å². The minimum atomic E-state index is -0.319. The summed E-state index contributed by atoms with van der Waals surface area (Å²) in [6.07, 6.45) is 1.72. The fraction of sp³-hybridized carbons (Fsp3) is 0.0909. The summed E-state index contributed by atoms with van der Waals surface area (Å²) in [6, 6.07) is 19.0. The first-order valence-corrected chi connectivity index (χ1v) is 9.77. The van der Waals surface area contributed by atoms with Crippen molar-refractivity contribution >= 4 is 44.1 Å². The number of urea groups is 1. The van der Waals surface area contributed by atoms with E-state index < -0.39 is 0 Å². The molecule has 2 N–H and O–H groups in total. The molecule has 146 valence electrons. The second kappa shape index (κ2) is 7.97. The molecular weight excluding hydrogens is 432 g/mol. The molecule has 0 aliphatic heterocycles. The number of hydrogen-bond donors (Lipinski definition) is 2. The highest BCUT2D eigenvalue weighted by molar-refractivity contribution is 9.10. The maximum atomic E-state index is 12.5. The minimum Gasteiger partial charge on any atom is -0.496 e. The molecule has 6 nitrogen and oxygen atoms in total. The Labute approximate surface area is 176 Å². The maximum absolute atomic E-state index is 12.5. The summed E-state index contributed by atoms with van der Waals surface area (Å²) in [6.45, 7) is 0. The fourth-order valence-electron chi connectivity index (χ4n) is 3.25. The number of methoxy groups -OCH3 is 1. The van der Waals surface area contributed by atoms with Gasteiger partial charge in [-0.05, 0) is 57.0 Å². The Morgan fingerprint density at radius 2 is 1.69 bits per heavy atom. The SMILES string of the molecule is COc1ccc(NC(=O)Nc2ccc3ccccc3c2)cc1-c1c(Br)cnn1C. The third kappa shape index (κ3) is 3.95. The van der Waals surface area contributed by atoms with Gasteiger partial charge in [0.05, 0.1) is 23.5 Å². The molecule has 4 aromatic rings. The van der Waals surface area contributed by atoms with Crippen molar-refractivity contribution in [3.63, 3.8) is 0 Å². The molecule has 3 aromatic carbocycles. The van der Waals surface area contributed by atoms with Crippen molar-refractivity contribution in [1.82, 2.24) is 9.78 Å². The van der Waals surface area contributed by atoms with Crippen molar-refractivity contribution in [1.29, 1.82) is 0 Å². The number of aromatic nitrogens is 2. The zero-order valence-electron chi connectivity index (χ0n) is 15.9. The van der Waals surface area contributed by atoms with Gasteiger partial charge in [0.1, 0.15) is 5.75 Å². The van der Waals surface area contributed by atoms with Crippen LogP contribution in [0.3, 0.4) is 0 Å². The number of hydrogen-bond acceptors (Lipinski definition) is 3. The summed E-state index contributed by atoms with van der Waals surface area (Å²) in [7, 11) is 3.47. The van der Waals surface area contributed by atoms with E-state index in [0.29, 0.717) is 11.4 Å². The number of fused-ring (bicyclic) bond motifs is 1. The molecular formula is C22H19BrN4O2. The molecule has 0 unspecified atom stereocenters. The van der Waals surface area contributed by atoms with Crippen LogP contribution in [0.2, 0.25) is 0 Å². The summed E-state index contributed by atoms with van der Waals surface area (Å²) in [5, 5.41) is 12.2. The predicted molar refractivity (Wildman–Crippen MR) is 119 cm³/mol. The topological polar surface area (TPSA) is 68.2 Å². The fourth-order valence-corrected chi connectivity index (χ4v) is 3.81. The van der Waals surface area contributed by atoms with Gasteiger partial charge in [-0.2, -0.15) is 5.10 Å². The first kappa shape index (κ1) is 19.0. The first-order valence-electron chi connectivity index (χ1n) is 8.98. The number of amides is 2. The molecule has 2 amide bonds. The lowest BCUT2D eigenvalue weighted by molar-refractivity contribution is 0.262. The van der Waals surface area contributed by atoms with Crippen LogP contribution < -0.4 is 15.4 Å². The van der Waals surface area contributed by atoms with Crippen LogP contribution in [0, 0.1) is 0 Å². The maximum Gasteiger partial charge on any atom is 0.323 e. The van der Waals surface area contributed by atoms with Gasteiger partial charge in [0.25, 0.3) is 0 Å². The number of rotatable bonds is 4. The zero-order valence-corrected chi connectivity index (χ0v) is 17.5. The van der Waals surface area contributed by atoms with Crippen LogP contribution in [-0.2, 0) is 7.05 Å².